The highest BCUT2D eigenvalue weighted by Crippen LogP contribution is 2.15. The lowest BCUT2D eigenvalue weighted by atomic mass is 10.1. The molecular formula is C20H28ClN3O3. The zero-order chi connectivity index (χ0) is 19.6. The fourth-order valence-electron chi connectivity index (χ4n) is 3.03. The van der Waals surface area contributed by atoms with Crippen LogP contribution >= 0.6 is 11.6 Å². The number of anilines is 1. The van der Waals surface area contributed by atoms with Crippen LogP contribution in [-0.4, -0.2) is 53.0 Å². The standard InChI is InChI=1S/C20H28ClN3O3/c1-2-3-4-5-12-23-13-14-24(20(27)19(23)26)15-16-6-8-17(9-7-16)22-18(25)10-11-21/h6-9H,2-5,10-15H2,1H3,(H,22,25). The molecule has 0 aliphatic carbocycles. The zero-order valence-electron chi connectivity index (χ0n) is 15.9. The van der Waals surface area contributed by atoms with E-state index in [0.29, 0.717) is 31.9 Å². The highest BCUT2D eigenvalue weighted by atomic mass is 35.5. The molecule has 1 aromatic carbocycles. The molecule has 3 amide bonds. The molecule has 1 aliphatic heterocycles. The van der Waals surface area contributed by atoms with Crippen LogP contribution in [0, 0.1) is 0 Å². The summed E-state index contributed by atoms with van der Waals surface area (Å²) in [5.41, 5.74) is 1.61. The number of benzene rings is 1. The average molecular weight is 394 g/mol. The smallest absolute Gasteiger partial charge is 0.312 e. The summed E-state index contributed by atoms with van der Waals surface area (Å²) in [5, 5.41) is 2.76. The Kier molecular flexibility index (Phi) is 8.58. The van der Waals surface area contributed by atoms with Crippen molar-refractivity contribution in [3.8, 4) is 0 Å². The van der Waals surface area contributed by atoms with Gasteiger partial charge in [-0.25, -0.2) is 0 Å². The quantitative estimate of drug-likeness (QED) is 0.377. The van der Waals surface area contributed by atoms with Gasteiger partial charge in [0, 0.05) is 44.2 Å². The predicted molar refractivity (Wildman–Crippen MR) is 107 cm³/mol. The Morgan fingerprint density at radius 3 is 2.37 bits per heavy atom. The fourth-order valence-corrected chi connectivity index (χ4v) is 3.20. The Labute approximate surface area is 165 Å². The van der Waals surface area contributed by atoms with Gasteiger partial charge in [-0.05, 0) is 24.1 Å². The Balaban J connectivity index is 1.84. The van der Waals surface area contributed by atoms with Crippen LogP contribution in [0.15, 0.2) is 24.3 Å². The van der Waals surface area contributed by atoms with Crippen molar-refractivity contribution < 1.29 is 14.4 Å². The number of amides is 3. The lowest BCUT2D eigenvalue weighted by Crippen LogP contribution is -2.54. The third kappa shape index (κ3) is 6.54. The third-order valence-corrected chi connectivity index (χ3v) is 4.80. The molecule has 1 aromatic rings. The van der Waals surface area contributed by atoms with Gasteiger partial charge in [0.1, 0.15) is 0 Å². The molecule has 0 bridgehead atoms. The molecule has 148 valence electrons. The number of halogens is 1. The highest BCUT2D eigenvalue weighted by molar-refractivity contribution is 6.35. The molecule has 0 atom stereocenters. The molecule has 27 heavy (non-hydrogen) atoms. The topological polar surface area (TPSA) is 69.7 Å². The Morgan fingerprint density at radius 2 is 1.70 bits per heavy atom. The van der Waals surface area contributed by atoms with Gasteiger partial charge in [-0.3, -0.25) is 14.4 Å². The van der Waals surface area contributed by atoms with Crippen molar-refractivity contribution in [2.75, 3.05) is 30.8 Å². The van der Waals surface area contributed by atoms with E-state index in [2.05, 4.69) is 12.2 Å². The van der Waals surface area contributed by atoms with Crippen LogP contribution in [0.3, 0.4) is 0 Å². The summed E-state index contributed by atoms with van der Waals surface area (Å²) >= 11 is 5.54. The first kappa shape index (κ1) is 21.2. The van der Waals surface area contributed by atoms with Crippen molar-refractivity contribution in [3.05, 3.63) is 29.8 Å². The van der Waals surface area contributed by atoms with E-state index in [1.165, 1.54) is 0 Å². The molecule has 1 saturated heterocycles. The monoisotopic (exact) mass is 393 g/mol. The number of nitrogens with zero attached hydrogens (tertiary/aromatic N) is 2. The lowest BCUT2D eigenvalue weighted by molar-refractivity contribution is -0.156. The minimum Gasteiger partial charge on any atom is -0.333 e. The van der Waals surface area contributed by atoms with Crippen LogP contribution in [0.5, 0.6) is 0 Å². The van der Waals surface area contributed by atoms with Gasteiger partial charge in [0.2, 0.25) is 5.91 Å². The molecule has 1 heterocycles. The van der Waals surface area contributed by atoms with E-state index in [0.717, 1.165) is 31.2 Å². The Morgan fingerprint density at radius 1 is 1.04 bits per heavy atom. The molecule has 7 heteroatoms. The number of nitrogens with one attached hydrogen (secondary N) is 1. The fraction of sp³-hybridized carbons (Fsp3) is 0.550. The lowest BCUT2D eigenvalue weighted by Gasteiger charge is -2.33. The van der Waals surface area contributed by atoms with Gasteiger partial charge in [-0.2, -0.15) is 0 Å². The van der Waals surface area contributed by atoms with Gasteiger partial charge in [-0.15, -0.1) is 11.6 Å². The molecule has 0 radical (unpaired) electrons. The largest absolute Gasteiger partial charge is 0.333 e. The van der Waals surface area contributed by atoms with Crippen molar-refractivity contribution in [3.63, 3.8) is 0 Å². The summed E-state index contributed by atoms with van der Waals surface area (Å²) in [6.45, 7) is 4.34. The number of hydrogen-bond donors (Lipinski definition) is 1. The summed E-state index contributed by atoms with van der Waals surface area (Å²) < 4.78 is 0. The number of unbranched alkanes of at least 4 members (excludes halogenated alkanes) is 3. The molecule has 1 fully saturated rings. The molecule has 1 aliphatic rings. The molecule has 2 rings (SSSR count). The second-order valence-electron chi connectivity index (χ2n) is 6.76. The maximum absolute atomic E-state index is 12.4. The molecule has 0 spiro atoms. The molecule has 0 unspecified atom stereocenters. The minimum atomic E-state index is -0.434. The number of carbonyl (C=O) groups excluding carboxylic acids is 3. The number of hydrogen-bond acceptors (Lipinski definition) is 3. The SMILES string of the molecule is CCCCCCN1CCN(Cc2ccc(NC(=O)CCCl)cc2)C(=O)C1=O. The first-order chi connectivity index (χ1) is 13.0. The van der Waals surface area contributed by atoms with Crippen molar-refractivity contribution in [2.24, 2.45) is 0 Å². The number of rotatable bonds is 10. The molecular weight excluding hydrogens is 366 g/mol. The van der Waals surface area contributed by atoms with Crippen LogP contribution < -0.4 is 5.32 Å². The van der Waals surface area contributed by atoms with E-state index in [1.807, 2.05) is 12.1 Å². The Hall–Kier alpha value is -2.08. The third-order valence-electron chi connectivity index (χ3n) is 4.61. The summed E-state index contributed by atoms with van der Waals surface area (Å²) in [6, 6.07) is 7.28. The predicted octanol–water partition coefficient (Wildman–Crippen LogP) is 3.01. The number of carbonyl (C=O) groups is 3. The minimum absolute atomic E-state index is 0.131. The highest BCUT2D eigenvalue weighted by Gasteiger charge is 2.31. The molecule has 0 saturated carbocycles. The van der Waals surface area contributed by atoms with Crippen molar-refractivity contribution >= 4 is 35.0 Å². The first-order valence-electron chi connectivity index (χ1n) is 9.58. The van der Waals surface area contributed by atoms with Gasteiger partial charge >= 0.3 is 11.8 Å². The van der Waals surface area contributed by atoms with Gasteiger partial charge in [0.25, 0.3) is 0 Å². The average Bonchev–Trinajstić information content (AvgIpc) is 2.66. The number of piperazine rings is 1. The molecule has 0 aromatic heterocycles. The van der Waals surface area contributed by atoms with Crippen LogP contribution in [0.2, 0.25) is 0 Å². The Bertz CT molecular complexity index is 648. The number of alkyl halides is 1. The van der Waals surface area contributed by atoms with E-state index < -0.39 is 11.8 Å². The van der Waals surface area contributed by atoms with Gasteiger partial charge in [0.05, 0.1) is 0 Å². The maximum atomic E-state index is 12.4. The van der Waals surface area contributed by atoms with E-state index in [4.69, 9.17) is 11.6 Å². The van der Waals surface area contributed by atoms with Crippen molar-refractivity contribution in [1.29, 1.82) is 0 Å². The van der Waals surface area contributed by atoms with E-state index in [-0.39, 0.29) is 18.2 Å². The van der Waals surface area contributed by atoms with Gasteiger partial charge < -0.3 is 15.1 Å². The molecule has 1 N–H and O–H groups in total. The maximum Gasteiger partial charge on any atom is 0.312 e. The van der Waals surface area contributed by atoms with Gasteiger partial charge in [0.15, 0.2) is 0 Å². The normalized spacial score (nSPS) is 14.6. The van der Waals surface area contributed by atoms with Crippen molar-refractivity contribution in [1.82, 2.24) is 9.80 Å². The van der Waals surface area contributed by atoms with Crippen LogP contribution in [0.4, 0.5) is 5.69 Å². The van der Waals surface area contributed by atoms with Crippen LogP contribution in [0.25, 0.3) is 0 Å². The zero-order valence-corrected chi connectivity index (χ0v) is 16.6. The first-order valence-corrected chi connectivity index (χ1v) is 10.1. The van der Waals surface area contributed by atoms with Crippen molar-refractivity contribution in [2.45, 2.75) is 45.6 Å². The van der Waals surface area contributed by atoms with E-state index in [9.17, 15) is 14.4 Å². The summed E-state index contributed by atoms with van der Waals surface area (Å²) in [5.74, 6) is -0.683. The summed E-state index contributed by atoms with van der Waals surface area (Å²) in [7, 11) is 0. The second-order valence-corrected chi connectivity index (χ2v) is 7.14. The summed E-state index contributed by atoms with van der Waals surface area (Å²) in [4.78, 5) is 39.5. The van der Waals surface area contributed by atoms with Crippen LogP contribution in [-0.2, 0) is 20.9 Å². The second kappa shape index (κ2) is 10.9. The van der Waals surface area contributed by atoms with E-state index in [1.54, 1.807) is 21.9 Å². The van der Waals surface area contributed by atoms with E-state index >= 15 is 0 Å². The van der Waals surface area contributed by atoms with Gasteiger partial charge in [-0.1, -0.05) is 38.3 Å². The molecule has 6 nitrogen and oxygen atoms in total. The summed E-state index contributed by atoms with van der Waals surface area (Å²) in [6.07, 6.45) is 4.61. The van der Waals surface area contributed by atoms with Crippen LogP contribution in [0.1, 0.15) is 44.6 Å².